The van der Waals surface area contributed by atoms with Gasteiger partial charge in [0.2, 0.25) is 11.8 Å². The van der Waals surface area contributed by atoms with Crippen LogP contribution in [-0.2, 0) is 22.6 Å². The molecule has 0 saturated carbocycles. The Morgan fingerprint density at radius 3 is 2.57 bits per heavy atom. The Labute approximate surface area is 168 Å². The van der Waals surface area contributed by atoms with E-state index in [0.29, 0.717) is 23.7 Å². The number of nitrogens with zero attached hydrogens (tertiary/aromatic N) is 2. The highest BCUT2D eigenvalue weighted by Gasteiger charge is 2.15. The van der Waals surface area contributed by atoms with Gasteiger partial charge in [0, 0.05) is 18.9 Å². The summed E-state index contributed by atoms with van der Waals surface area (Å²) in [6, 6.07) is 14.8. The van der Waals surface area contributed by atoms with Crippen LogP contribution >= 0.6 is 11.6 Å². The zero-order chi connectivity index (χ0) is 20.1. The standard InChI is InChI=1S/C21H23ClN4O2/c1-14(2)21(28)23-12-11-19-24-17-9-5-6-10-18(17)26(19)13-20(27)25-16-8-4-3-7-15(16)22/h3-10,14H,11-13H2,1-2H3,(H,23,28)(H,25,27). The third kappa shape index (κ3) is 4.70. The summed E-state index contributed by atoms with van der Waals surface area (Å²) in [5, 5.41) is 6.22. The monoisotopic (exact) mass is 398 g/mol. The molecule has 1 aromatic heterocycles. The number of carbonyl (C=O) groups excluding carboxylic acids is 2. The molecule has 2 N–H and O–H groups in total. The first-order chi connectivity index (χ1) is 13.5. The number of hydrogen-bond donors (Lipinski definition) is 2. The minimum absolute atomic E-state index is 0.000811. The number of imidazole rings is 1. The Morgan fingerprint density at radius 1 is 1.11 bits per heavy atom. The molecule has 3 rings (SSSR count). The Hall–Kier alpha value is -2.86. The fourth-order valence-corrected chi connectivity index (χ4v) is 3.07. The Morgan fingerprint density at radius 2 is 1.82 bits per heavy atom. The van der Waals surface area contributed by atoms with Crippen molar-refractivity contribution >= 4 is 40.1 Å². The molecule has 0 unspecified atom stereocenters. The van der Waals surface area contributed by atoms with Crippen LogP contribution in [0.1, 0.15) is 19.7 Å². The largest absolute Gasteiger partial charge is 0.355 e. The number of amides is 2. The fourth-order valence-electron chi connectivity index (χ4n) is 2.89. The molecule has 0 aliphatic rings. The predicted molar refractivity (Wildman–Crippen MR) is 111 cm³/mol. The molecule has 7 heteroatoms. The SMILES string of the molecule is CC(C)C(=O)NCCc1nc2ccccc2n1CC(=O)Nc1ccccc1Cl. The lowest BCUT2D eigenvalue weighted by Crippen LogP contribution is -2.30. The summed E-state index contributed by atoms with van der Waals surface area (Å²) in [6.45, 7) is 4.28. The van der Waals surface area contributed by atoms with Gasteiger partial charge in [-0.05, 0) is 24.3 Å². The number of hydrogen-bond acceptors (Lipinski definition) is 3. The zero-order valence-corrected chi connectivity index (χ0v) is 16.7. The second-order valence-electron chi connectivity index (χ2n) is 6.83. The Bertz CT molecular complexity index is 997. The van der Waals surface area contributed by atoms with Crippen molar-refractivity contribution < 1.29 is 9.59 Å². The van der Waals surface area contributed by atoms with Crippen LogP contribution in [-0.4, -0.2) is 27.9 Å². The first-order valence-corrected chi connectivity index (χ1v) is 9.59. The maximum Gasteiger partial charge on any atom is 0.244 e. The van der Waals surface area contributed by atoms with E-state index >= 15 is 0 Å². The molecule has 2 amide bonds. The summed E-state index contributed by atoms with van der Waals surface area (Å²) in [5.41, 5.74) is 2.27. The highest BCUT2D eigenvalue weighted by molar-refractivity contribution is 6.33. The first kappa shape index (κ1) is 19.9. The van der Waals surface area contributed by atoms with Gasteiger partial charge in [-0.2, -0.15) is 0 Å². The van der Waals surface area contributed by atoms with Gasteiger partial charge < -0.3 is 15.2 Å². The highest BCUT2D eigenvalue weighted by atomic mass is 35.5. The van der Waals surface area contributed by atoms with Crippen molar-refractivity contribution in [3.05, 3.63) is 59.4 Å². The second kappa shape index (κ2) is 8.89. The van der Waals surface area contributed by atoms with E-state index in [9.17, 15) is 9.59 Å². The average molecular weight is 399 g/mol. The van der Waals surface area contributed by atoms with E-state index < -0.39 is 0 Å². The lowest BCUT2D eigenvalue weighted by atomic mass is 10.2. The molecule has 0 spiro atoms. The van der Waals surface area contributed by atoms with Crippen LogP contribution in [0.4, 0.5) is 5.69 Å². The number of nitrogens with one attached hydrogen (secondary N) is 2. The maximum absolute atomic E-state index is 12.6. The summed E-state index contributed by atoms with van der Waals surface area (Å²) in [5.74, 6) is 0.489. The Kier molecular flexibility index (Phi) is 6.31. The van der Waals surface area contributed by atoms with Gasteiger partial charge in [-0.1, -0.05) is 49.7 Å². The molecule has 28 heavy (non-hydrogen) atoms. The molecular formula is C21H23ClN4O2. The van der Waals surface area contributed by atoms with Crippen molar-refractivity contribution in [1.82, 2.24) is 14.9 Å². The van der Waals surface area contributed by atoms with E-state index in [-0.39, 0.29) is 24.3 Å². The molecule has 0 radical (unpaired) electrons. The van der Waals surface area contributed by atoms with Gasteiger partial charge in [0.05, 0.1) is 21.7 Å². The van der Waals surface area contributed by atoms with Gasteiger partial charge in [0.25, 0.3) is 0 Å². The summed E-state index contributed by atoms with van der Waals surface area (Å²) < 4.78 is 1.88. The van der Waals surface area contributed by atoms with E-state index in [1.165, 1.54) is 0 Å². The fraction of sp³-hybridized carbons (Fsp3) is 0.286. The molecular weight excluding hydrogens is 376 g/mol. The number of para-hydroxylation sites is 3. The number of carbonyl (C=O) groups is 2. The van der Waals surface area contributed by atoms with Crippen molar-refractivity contribution in [3.63, 3.8) is 0 Å². The summed E-state index contributed by atoms with van der Waals surface area (Å²) in [4.78, 5) is 29.0. The lowest BCUT2D eigenvalue weighted by Gasteiger charge is -2.12. The Balaban J connectivity index is 1.77. The van der Waals surface area contributed by atoms with Gasteiger partial charge in [-0.15, -0.1) is 0 Å². The quantitative estimate of drug-likeness (QED) is 0.637. The van der Waals surface area contributed by atoms with E-state index in [1.807, 2.05) is 54.8 Å². The highest BCUT2D eigenvalue weighted by Crippen LogP contribution is 2.21. The van der Waals surface area contributed by atoms with Crippen molar-refractivity contribution in [2.75, 3.05) is 11.9 Å². The molecule has 3 aromatic rings. The van der Waals surface area contributed by atoms with Crippen molar-refractivity contribution in [3.8, 4) is 0 Å². The molecule has 146 valence electrons. The topological polar surface area (TPSA) is 76.0 Å². The van der Waals surface area contributed by atoms with Gasteiger partial charge in [-0.3, -0.25) is 9.59 Å². The molecule has 0 aliphatic heterocycles. The number of halogens is 1. The zero-order valence-electron chi connectivity index (χ0n) is 15.9. The average Bonchev–Trinajstić information content (AvgIpc) is 3.01. The molecule has 0 bridgehead atoms. The number of benzene rings is 2. The van der Waals surface area contributed by atoms with E-state index in [1.54, 1.807) is 12.1 Å². The predicted octanol–water partition coefficient (Wildman–Crippen LogP) is 3.64. The summed E-state index contributed by atoms with van der Waals surface area (Å²) >= 11 is 6.13. The number of fused-ring (bicyclic) bond motifs is 1. The van der Waals surface area contributed by atoms with Crippen LogP contribution in [0.2, 0.25) is 5.02 Å². The third-order valence-corrected chi connectivity index (χ3v) is 4.69. The van der Waals surface area contributed by atoms with Gasteiger partial charge in [-0.25, -0.2) is 4.98 Å². The van der Waals surface area contributed by atoms with E-state index in [4.69, 9.17) is 11.6 Å². The summed E-state index contributed by atoms with van der Waals surface area (Å²) in [6.07, 6.45) is 0.534. The molecule has 1 heterocycles. The van der Waals surface area contributed by atoms with Crippen LogP contribution in [0, 0.1) is 5.92 Å². The minimum atomic E-state index is -0.191. The van der Waals surface area contributed by atoms with Crippen molar-refractivity contribution in [2.45, 2.75) is 26.8 Å². The first-order valence-electron chi connectivity index (χ1n) is 9.22. The van der Waals surface area contributed by atoms with Gasteiger partial charge >= 0.3 is 0 Å². The normalized spacial score (nSPS) is 11.0. The van der Waals surface area contributed by atoms with Crippen molar-refractivity contribution in [2.24, 2.45) is 5.92 Å². The van der Waals surface area contributed by atoms with Crippen LogP contribution in [0.5, 0.6) is 0 Å². The number of anilines is 1. The smallest absolute Gasteiger partial charge is 0.244 e. The van der Waals surface area contributed by atoms with Crippen LogP contribution < -0.4 is 10.6 Å². The molecule has 0 saturated heterocycles. The molecule has 0 aliphatic carbocycles. The minimum Gasteiger partial charge on any atom is -0.355 e. The maximum atomic E-state index is 12.6. The molecule has 2 aromatic carbocycles. The second-order valence-corrected chi connectivity index (χ2v) is 7.23. The van der Waals surface area contributed by atoms with E-state index in [0.717, 1.165) is 16.9 Å². The van der Waals surface area contributed by atoms with Crippen molar-refractivity contribution in [1.29, 1.82) is 0 Å². The molecule has 0 fully saturated rings. The van der Waals surface area contributed by atoms with Crippen LogP contribution in [0.25, 0.3) is 11.0 Å². The van der Waals surface area contributed by atoms with Gasteiger partial charge in [0.15, 0.2) is 0 Å². The van der Waals surface area contributed by atoms with Gasteiger partial charge in [0.1, 0.15) is 12.4 Å². The van der Waals surface area contributed by atoms with Crippen LogP contribution in [0.15, 0.2) is 48.5 Å². The third-order valence-electron chi connectivity index (χ3n) is 4.36. The van der Waals surface area contributed by atoms with Crippen LogP contribution in [0.3, 0.4) is 0 Å². The van der Waals surface area contributed by atoms with E-state index in [2.05, 4.69) is 15.6 Å². The molecule has 0 atom stereocenters. The number of aromatic nitrogens is 2. The molecule has 6 nitrogen and oxygen atoms in total. The number of rotatable bonds is 7. The summed E-state index contributed by atoms with van der Waals surface area (Å²) in [7, 11) is 0. The lowest BCUT2D eigenvalue weighted by molar-refractivity contribution is -0.124.